The Labute approximate surface area is 124 Å². The van der Waals surface area contributed by atoms with Gasteiger partial charge in [0, 0.05) is 0 Å². The lowest BCUT2D eigenvalue weighted by atomic mass is 9.81. The normalized spacial score (nSPS) is 24.8. The Morgan fingerprint density at radius 2 is 1.62 bits per heavy atom. The van der Waals surface area contributed by atoms with Crippen LogP contribution in [0.5, 0.6) is 0 Å². The van der Waals surface area contributed by atoms with Crippen LogP contribution in [0.25, 0.3) is 0 Å². The molecule has 1 N–H and O–H groups in total. The van der Waals surface area contributed by atoms with E-state index in [0.717, 1.165) is 31.6 Å². The SMILES string of the molecule is CCC1CCC(CNC(c2ccccc2)C(F)(F)F)CC1. The minimum absolute atomic E-state index is 0.298. The van der Waals surface area contributed by atoms with Gasteiger partial charge in [-0.05, 0) is 36.8 Å². The van der Waals surface area contributed by atoms with Crippen molar-refractivity contribution in [3.8, 4) is 0 Å². The van der Waals surface area contributed by atoms with E-state index in [0.29, 0.717) is 18.0 Å². The minimum atomic E-state index is -4.25. The van der Waals surface area contributed by atoms with Crippen LogP contribution in [0.4, 0.5) is 13.2 Å². The van der Waals surface area contributed by atoms with Gasteiger partial charge in [-0.1, -0.05) is 56.5 Å². The van der Waals surface area contributed by atoms with Gasteiger partial charge in [0.15, 0.2) is 0 Å². The molecule has 0 amide bonds. The van der Waals surface area contributed by atoms with Gasteiger partial charge in [-0.2, -0.15) is 13.2 Å². The van der Waals surface area contributed by atoms with Crippen LogP contribution in [0.1, 0.15) is 50.6 Å². The summed E-state index contributed by atoms with van der Waals surface area (Å²) >= 11 is 0. The van der Waals surface area contributed by atoms with E-state index in [4.69, 9.17) is 0 Å². The molecule has 1 fully saturated rings. The third kappa shape index (κ3) is 4.73. The molecule has 0 heterocycles. The zero-order valence-corrected chi connectivity index (χ0v) is 12.5. The average molecular weight is 299 g/mol. The van der Waals surface area contributed by atoms with Crippen molar-refractivity contribution in [1.29, 1.82) is 0 Å². The molecule has 1 nitrogen and oxygen atoms in total. The summed E-state index contributed by atoms with van der Waals surface area (Å²) in [6.45, 7) is 2.65. The molecule has 0 aliphatic heterocycles. The number of alkyl halides is 3. The topological polar surface area (TPSA) is 12.0 Å². The highest BCUT2D eigenvalue weighted by Crippen LogP contribution is 2.34. The summed E-state index contributed by atoms with van der Waals surface area (Å²) in [5, 5.41) is 2.75. The highest BCUT2D eigenvalue weighted by atomic mass is 19.4. The van der Waals surface area contributed by atoms with Gasteiger partial charge < -0.3 is 5.32 Å². The lowest BCUT2D eigenvalue weighted by molar-refractivity contribution is -0.158. The van der Waals surface area contributed by atoms with Crippen molar-refractivity contribution in [1.82, 2.24) is 5.32 Å². The van der Waals surface area contributed by atoms with E-state index in [1.54, 1.807) is 30.3 Å². The van der Waals surface area contributed by atoms with Gasteiger partial charge in [0.1, 0.15) is 6.04 Å². The second-order valence-electron chi connectivity index (χ2n) is 6.09. The summed E-state index contributed by atoms with van der Waals surface area (Å²) in [6, 6.07) is 6.58. The van der Waals surface area contributed by atoms with Crippen molar-refractivity contribution in [2.45, 2.75) is 51.2 Å². The van der Waals surface area contributed by atoms with Crippen LogP contribution in [-0.4, -0.2) is 12.7 Å². The number of benzene rings is 1. The van der Waals surface area contributed by atoms with Crippen molar-refractivity contribution in [2.75, 3.05) is 6.54 Å². The second kappa shape index (κ2) is 7.30. The number of nitrogens with one attached hydrogen (secondary N) is 1. The monoisotopic (exact) mass is 299 g/mol. The quantitative estimate of drug-likeness (QED) is 0.798. The van der Waals surface area contributed by atoms with Crippen molar-refractivity contribution in [3.05, 3.63) is 35.9 Å². The summed E-state index contributed by atoms with van der Waals surface area (Å²) in [5.74, 6) is 1.15. The molecule has 1 aromatic carbocycles. The zero-order chi connectivity index (χ0) is 15.3. The zero-order valence-electron chi connectivity index (χ0n) is 12.5. The first-order chi connectivity index (χ1) is 10.0. The molecular weight excluding hydrogens is 275 g/mol. The van der Waals surface area contributed by atoms with Crippen LogP contribution in [0.15, 0.2) is 30.3 Å². The largest absolute Gasteiger partial charge is 0.407 e. The predicted molar refractivity (Wildman–Crippen MR) is 79.0 cm³/mol. The highest BCUT2D eigenvalue weighted by Gasteiger charge is 2.40. The van der Waals surface area contributed by atoms with Crippen LogP contribution in [0.3, 0.4) is 0 Å². The van der Waals surface area contributed by atoms with Gasteiger partial charge in [0.25, 0.3) is 0 Å². The van der Waals surface area contributed by atoms with Crippen LogP contribution in [0, 0.1) is 11.8 Å². The van der Waals surface area contributed by atoms with E-state index in [1.807, 2.05) is 0 Å². The molecule has 0 spiro atoms. The number of rotatable bonds is 5. The first kappa shape index (κ1) is 16.3. The summed E-state index contributed by atoms with van der Waals surface area (Å²) in [4.78, 5) is 0. The summed E-state index contributed by atoms with van der Waals surface area (Å²) in [6.07, 6.45) is 1.35. The molecule has 0 bridgehead atoms. The van der Waals surface area contributed by atoms with E-state index in [9.17, 15) is 13.2 Å². The highest BCUT2D eigenvalue weighted by molar-refractivity contribution is 5.20. The first-order valence-electron chi connectivity index (χ1n) is 7.85. The Balaban J connectivity index is 1.92. The predicted octanol–water partition coefficient (Wildman–Crippen LogP) is 5.10. The molecule has 1 unspecified atom stereocenters. The molecule has 1 aliphatic carbocycles. The lowest BCUT2D eigenvalue weighted by Crippen LogP contribution is -2.37. The van der Waals surface area contributed by atoms with Crippen LogP contribution < -0.4 is 5.32 Å². The Morgan fingerprint density at radius 1 is 1.05 bits per heavy atom. The van der Waals surface area contributed by atoms with Gasteiger partial charge in [0.05, 0.1) is 0 Å². The van der Waals surface area contributed by atoms with E-state index >= 15 is 0 Å². The smallest absolute Gasteiger partial charge is 0.302 e. The number of halogens is 3. The van der Waals surface area contributed by atoms with Gasteiger partial charge >= 0.3 is 6.18 Å². The molecule has 1 saturated carbocycles. The maximum atomic E-state index is 13.2. The van der Waals surface area contributed by atoms with Crippen LogP contribution >= 0.6 is 0 Å². The second-order valence-corrected chi connectivity index (χ2v) is 6.09. The fraction of sp³-hybridized carbons (Fsp3) is 0.647. The van der Waals surface area contributed by atoms with E-state index in [-0.39, 0.29) is 0 Å². The molecule has 0 aromatic heterocycles. The van der Waals surface area contributed by atoms with Crippen molar-refractivity contribution in [2.24, 2.45) is 11.8 Å². The molecule has 1 aromatic rings. The lowest BCUT2D eigenvalue weighted by Gasteiger charge is -2.30. The molecule has 1 aliphatic rings. The Kier molecular flexibility index (Phi) is 5.68. The fourth-order valence-electron chi connectivity index (χ4n) is 3.20. The number of hydrogen-bond donors (Lipinski definition) is 1. The van der Waals surface area contributed by atoms with E-state index in [2.05, 4.69) is 12.2 Å². The molecule has 2 rings (SSSR count). The maximum Gasteiger partial charge on any atom is 0.407 e. The summed E-state index contributed by atoms with van der Waals surface area (Å²) < 4.78 is 39.6. The van der Waals surface area contributed by atoms with Crippen LogP contribution in [-0.2, 0) is 0 Å². The maximum absolute atomic E-state index is 13.2. The van der Waals surface area contributed by atoms with Gasteiger partial charge in [-0.15, -0.1) is 0 Å². The van der Waals surface area contributed by atoms with E-state index in [1.165, 1.54) is 6.42 Å². The van der Waals surface area contributed by atoms with E-state index < -0.39 is 12.2 Å². The first-order valence-corrected chi connectivity index (χ1v) is 7.85. The molecule has 21 heavy (non-hydrogen) atoms. The standard InChI is InChI=1S/C17H24F3N/c1-2-13-8-10-14(11-9-13)12-21-16(17(18,19)20)15-6-4-3-5-7-15/h3-7,13-14,16,21H,2,8-12H2,1H3. The fourth-order valence-corrected chi connectivity index (χ4v) is 3.20. The Hall–Kier alpha value is -1.03. The molecule has 1 atom stereocenters. The molecular formula is C17H24F3N. The van der Waals surface area contributed by atoms with Gasteiger partial charge in [-0.25, -0.2) is 0 Å². The van der Waals surface area contributed by atoms with Gasteiger partial charge in [-0.3, -0.25) is 0 Å². The third-order valence-electron chi connectivity index (χ3n) is 4.61. The van der Waals surface area contributed by atoms with Gasteiger partial charge in [0.2, 0.25) is 0 Å². The summed E-state index contributed by atoms with van der Waals surface area (Å²) in [5.41, 5.74) is 0.298. The minimum Gasteiger partial charge on any atom is -0.302 e. The third-order valence-corrected chi connectivity index (χ3v) is 4.61. The molecule has 0 saturated heterocycles. The molecule has 118 valence electrons. The Morgan fingerprint density at radius 3 is 2.14 bits per heavy atom. The van der Waals surface area contributed by atoms with Crippen LogP contribution in [0.2, 0.25) is 0 Å². The number of hydrogen-bond acceptors (Lipinski definition) is 1. The van der Waals surface area contributed by atoms with Crippen molar-refractivity contribution in [3.63, 3.8) is 0 Å². The average Bonchev–Trinajstić information content (AvgIpc) is 2.48. The molecule has 0 radical (unpaired) electrons. The summed E-state index contributed by atoms with van der Waals surface area (Å²) in [7, 11) is 0. The van der Waals surface area contributed by atoms with Crippen molar-refractivity contribution >= 4 is 0 Å². The molecule has 4 heteroatoms. The van der Waals surface area contributed by atoms with Crippen molar-refractivity contribution < 1.29 is 13.2 Å². The Bertz CT molecular complexity index is 408.